The molecule has 0 saturated carbocycles. The van der Waals surface area contributed by atoms with Crippen molar-refractivity contribution in [2.75, 3.05) is 11.9 Å². The molecule has 1 rings (SSSR count). The monoisotopic (exact) mass is 308 g/mol. The summed E-state index contributed by atoms with van der Waals surface area (Å²) in [5.74, 6) is -0.234. The van der Waals surface area contributed by atoms with Gasteiger partial charge in [0, 0.05) is 5.92 Å². The molecule has 1 aromatic rings. The van der Waals surface area contributed by atoms with Crippen LogP contribution < -0.4 is 11.1 Å². The minimum absolute atomic E-state index is 0.108. The first-order valence-corrected chi connectivity index (χ1v) is 6.74. The Kier molecular flexibility index (Phi) is 6.22. The van der Waals surface area contributed by atoms with Crippen LogP contribution in [0.2, 0.25) is 15.1 Å². The lowest BCUT2D eigenvalue weighted by Gasteiger charge is -2.13. The maximum atomic E-state index is 11.9. The van der Waals surface area contributed by atoms with E-state index in [-0.39, 0.29) is 11.8 Å². The molecule has 0 heterocycles. The minimum atomic E-state index is -0.126. The Hall–Kier alpha value is -0.480. The summed E-state index contributed by atoms with van der Waals surface area (Å²) < 4.78 is 0. The van der Waals surface area contributed by atoms with E-state index < -0.39 is 0 Å². The van der Waals surface area contributed by atoms with Crippen LogP contribution in [0, 0.1) is 5.92 Å². The van der Waals surface area contributed by atoms with Crippen LogP contribution in [0.5, 0.6) is 0 Å². The van der Waals surface area contributed by atoms with Crippen LogP contribution in [0.4, 0.5) is 5.69 Å². The summed E-state index contributed by atoms with van der Waals surface area (Å²) in [6, 6.07) is 3.05. The van der Waals surface area contributed by atoms with Gasteiger partial charge in [-0.2, -0.15) is 0 Å². The summed E-state index contributed by atoms with van der Waals surface area (Å²) in [7, 11) is 0. The number of amides is 1. The molecule has 0 radical (unpaired) electrons. The van der Waals surface area contributed by atoms with E-state index in [0.29, 0.717) is 27.3 Å². The molecule has 1 amide bonds. The number of hydrogen-bond acceptors (Lipinski definition) is 2. The van der Waals surface area contributed by atoms with Gasteiger partial charge < -0.3 is 11.1 Å². The van der Waals surface area contributed by atoms with E-state index >= 15 is 0 Å². The van der Waals surface area contributed by atoms with Crippen LogP contribution in [-0.2, 0) is 4.79 Å². The van der Waals surface area contributed by atoms with Gasteiger partial charge in [0.2, 0.25) is 5.91 Å². The molecule has 100 valence electrons. The highest BCUT2D eigenvalue weighted by Gasteiger charge is 2.14. The normalized spacial score (nSPS) is 12.3. The molecule has 0 aliphatic rings. The van der Waals surface area contributed by atoms with Crippen molar-refractivity contribution in [2.45, 2.75) is 19.8 Å². The Morgan fingerprint density at radius 1 is 1.28 bits per heavy atom. The second-order valence-corrected chi connectivity index (χ2v) is 5.29. The number of halogens is 3. The Bertz CT molecular complexity index is 438. The van der Waals surface area contributed by atoms with E-state index in [9.17, 15) is 4.79 Å². The largest absolute Gasteiger partial charge is 0.330 e. The lowest BCUT2D eigenvalue weighted by atomic mass is 10.0. The minimum Gasteiger partial charge on any atom is -0.330 e. The maximum Gasteiger partial charge on any atom is 0.227 e. The summed E-state index contributed by atoms with van der Waals surface area (Å²) >= 11 is 17.7. The van der Waals surface area contributed by atoms with Crippen LogP contribution in [0.3, 0.4) is 0 Å². The molecule has 0 aromatic heterocycles. The molecule has 3 nitrogen and oxygen atoms in total. The Balaban J connectivity index is 2.72. The number of rotatable bonds is 5. The predicted molar refractivity (Wildman–Crippen MR) is 77.6 cm³/mol. The zero-order chi connectivity index (χ0) is 13.7. The van der Waals surface area contributed by atoms with Gasteiger partial charge in [-0.3, -0.25) is 4.79 Å². The quantitative estimate of drug-likeness (QED) is 0.809. The standard InChI is InChI=1S/C12H15Cl3N2O/c1-7(3-2-4-16)12(18)17-11-6-9(14)8(13)5-10(11)15/h5-7H,2-4,16H2,1H3,(H,17,18). The van der Waals surface area contributed by atoms with E-state index in [2.05, 4.69) is 5.32 Å². The third-order valence-electron chi connectivity index (χ3n) is 2.56. The molecular weight excluding hydrogens is 295 g/mol. The highest BCUT2D eigenvalue weighted by Crippen LogP contribution is 2.32. The molecule has 0 bridgehead atoms. The topological polar surface area (TPSA) is 55.1 Å². The van der Waals surface area contributed by atoms with Crippen molar-refractivity contribution in [3.8, 4) is 0 Å². The second kappa shape index (κ2) is 7.19. The molecule has 3 N–H and O–H groups in total. The van der Waals surface area contributed by atoms with Crippen LogP contribution >= 0.6 is 34.8 Å². The van der Waals surface area contributed by atoms with Gasteiger partial charge in [0.15, 0.2) is 0 Å². The van der Waals surface area contributed by atoms with Crippen molar-refractivity contribution in [2.24, 2.45) is 11.7 Å². The van der Waals surface area contributed by atoms with Crippen LogP contribution in [0.25, 0.3) is 0 Å². The van der Waals surface area contributed by atoms with E-state index in [1.54, 1.807) is 6.07 Å². The predicted octanol–water partition coefficient (Wildman–Crippen LogP) is 3.96. The van der Waals surface area contributed by atoms with Gasteiger partial charge in [0.25, 0.3) is 0 Å². The van der Waals surface area contributed by atoms with Crippen molar-refractivity contribution in [3.63, 3.8) is 0 Å². The summed E-state index contributed by atoms with van der Waals surface area (Å²) in [5.41, 5.74) is 5.87. The van der Waals surface area contributed by atoms with Crippen molar-refractivity contribution in [1.29, 1.82) is 0 Å². The number of nitrogens with one attached hydrogen (secondary N) is 1. The molecule has 0 fully saturated rings. The fraction of sp³-hybridized carbons (Fsp3) is 0.417. The van der Waals surface area contributed by atoms with Gasteiger partial charge in [0.1, 0.15) is 0 Å². The molecule has 0 saturated heterocycles. The van der Waals surface area contributed by atoms with E-state index in [1.807, 2.05) is 6.92 Å². The zero-order valence-electron chi connectivity index (χ0n) is 9.97. The number of carbonyl (C=O) groups is 1. The number of carbonyl (C=O) groups excluding carboxylic acids is 1. The lowest BCUT2D eigenvalue weighted by molar-refractivity contribution is -0.119. The first-order valence-electron chi connectivity index (χ1n) is 5.61. The maximum absolute atomic E-state index is 11.9. The first kappa shape index (κ1) is 15.6. The molecule has 1 aromatic carbocycles. The van der Waals surface area contributed by atoms with Crippen LogP contribution in [0.1, 0.15) is 19.8 Å². The summed E-state index contributed by atoms with van der Waals surface area (Å²) in [5, 5.41) is 3.81. The summed E-state index contributed by atoms with van der Waals surface area (Å²) in [4.78, 5) is 11.9. The summed E-state index contributed by atoms with van der Waals surface area (Å²) in [6.45, 7) is 2.42. The van der Waals surface area contributed by atoms with Gasteiger partial charge in [0.05, 0.1) is 20.8 Å². The van der Waals surface area contributed by atoms with Crippen molar-refractivity contribution >= 4 is 46.4 Å². The Morgan fingerprint density at radius 3 is 2.50 bits per heavy atom. The zero-order valence-corrected chi connectivity index (χ0v) is 12.2. The number of nitrogens with two attached hydrogens (primary N) is 1. The van der Waals surface area contributed by atoms with Crippen molar-refractivity contribution in [1.82, 2.24) is 0 Å². The van der Waals surface area contributed by atoms with Crippen LogP contribution in [0.15, 0.2) is 12.1 Å². The smallest absolute Gasteiger partial charge is 0.227 e. The molecular formula is C12H15Cl3N2O. The van der Waals surface area contributed by atoms with Gasteiger partial charge in [-0.15, -0.1) is 0 Å². The molecule has 6 heteroatoms. The van der Waals surface area contributed by atoms with Gasteiger partial charge >= 0.3 is 0 Å². The molecule has 0 aliphatic heterocycles. The second-order valence-electron chi connectivity index (χ2n) is 4.07. The molecule has 1 atom stereocenters. The van der Waals surface area contributed by atoms with Crippen molar-refractivity contribution in [3.05, 3.63) is 27.2 Å². The Morgan fingerprint density at radius 2 is 1.89 bits per heavy atom. The fourth-order valence-corrected chi connectivity index (χ4v) is 2.02. The van der Waals surface area contributed by atoms with Gasteiger partial charge in [-0.1, -0.05) is 41.7 Å². The number of hydrogen-bond donors (Lipinski definition) is 2. The average Bonchev–Trinajstić information content (AvgIpc) is 2.32. The van der Waals surface area contributed by atoms with E-state index in [4.69, 9.17) is 40.5 Å². The van der Waals surface area contributed by atoms with E-state index in [0.717, 1.165) is 12.8 Å². The van der Waals surface area contributed by atoms with Gasteiger partial charge in [-0.25, -0.2) is 0 Å². The highest BCUT2D eigenvalue weighted by atomic mass is 35.5. The van der Waals surface area contributed by atoms with Crippen LogP contribution in [-0.4, -0.2) is 12.5 Å². The molecule has 0 spiro atoms. The van der Waals surface area contributed by atoms with Crippen molar-refractivity contribution < 1.29 is 4.79 Å². The lowest BCUT2D eigenvalue weighted by Crippen LogP contribution is -2.21. The number of anilines is 1. The molecule has 18 heavy (non-hydrogen) atoms. The molecule has 1 unspecified atom stereocenters. The van der Waals surface area contributed by atoms with E-state index in [1.165, 1.54) is 6.07 Å². The third kappa shape index (κ3) is 4.32. The SMILES string of the molecule is CC(CCCN)C(=O)Nc1cc(Cl)c(Cl)cc1Cl. The third-order valence-corrected chi connectivity index (χ3v) is 3.59. The average molecular weight is 310 g/mol. The summed E-state index contributed by atoms with van der Waals surface area (Å²) in [6.07, 6.45) is 1.55. The number of benzene rings is 1. The van der Waals surface area contributed by atoms with Gasteiger partial charge in [-0.05, 0) is 31.5 Å². The Labute approximate surface area is 122 Å². The highest BCUT2D eigenvalue weighted by molar-refractivity contribution is 6.44. The fourth-order valence-electron chi connectivity index (χ4n) is 1.43. The molecule has 0 aliphatic carbocycles. The first-order chi connectivity index (χ1) is 8.45.